The molecule has 2 heterocycles. The molecule has 2 saturated heterocycles. The largest absolute Gasteiger partial charge is 0.479 e. The summed E-state index contributed by atoms with van der Waals surface area (Å²) in [6.07, 6.45) is 3.66. The highest BCUT2D eigenvalue weighted by atomic mass is 16.4. The quantitative estimate of drug-likeness (QED) is 0.650. The van der Waals surface area contributed by atoms with Crippen LogP contribution in [0.25, 0.3) is 0 Å². The number of hydrogen-bond acceptors (Lipinski definition) is 2. The molecule has 0 aromatic carbocycles. The fourth-order valence-electron chi connectivity index (χ4n) is 2.80. The molecular formula is C11H13NO3. The van der Waals surface area contributed by atoms with E-state index in [9.17, 15) is 14.7 Å². The van der Waals surface area contributed by atoms with Crippen molar-refractivity contribution in [3.8, 4) is 0 Å². The van der Waals surface area contributed by atoms with Gasteiger partial charge in [-0.3, -0.25) is 4.79 Å². The van der Waals surface area contributed by atoms with E-state index >= 15 is 0 Å². The van der Waals surface area contributed by atoms with E-state index in [1.165, 1.54) is 11.1 Å². The average Bonchev–Trinajstić information content (AvgIpc) is 2.88. The molecule has 80 valence electrons. The van der Waals surface area contributed by atoms with Crippen LogP contribution in [0.15, 0.2) is 11.1 Å². The Hall–Kier alpha value is -1.32. The normalized spacial score (nSPS) is 33.6. The number of carboxylic acids is 1. The number of aliphatic carboxylic acids is 1. The van der Waals surface area contributed by atoms with Crippen molar-refractivity contribution in [1.82, 2.24) is 4.90 Å². The molecule has 3 fully saturated rings. The number of nitrogens with zero attached hydrogens (tertiary/aromatic N) is 1. The smallest absolute Gasteiger partial charge is 0.329 e. The standard InChI is InChI=1S/C11H13NO3/c13-9-3-4-11(10(14)15)5-8(6-12(9)11)7-1-2-7/h1-6H2,(H,14,15)/t11-/m0/s1. The van der Waals surface area contributed by atoms with Gasteiger partial charge in [-0.25, -0.2) is 4.79 Å². The van der Waals surface area contributed by atoms with Crippen molar-refractivity contribution in [3.05, 3.63) is 11.1 Å². The third kappa shape index (κ3) is 1.07. The van der Waals surface area contributed by atoms with E-state index in [1.54, 1.807) is 4.90 Å². The summed E-state index contributed by atoms with van der Waals surface area (Å²) in [6.45, 7) is 0.570. The van der Waals surface area contributed by atoms with Crippen molar-refractivity contribution in [1.29, 1.82) is 0 Å². The van der Waals surface area contributed by atoms with Crippen molar-refractivity contribution in [2.45, 2.75) is 37.6 Å². The molecule has 1 amide bonds. The van der Waals surface area contributed by atoms with Crippen LogP contribution in [0, 0.1) is 0 Å². The van der Waals surface area contributed by atoms with Crippen LogP contribution < -0.4 is 0 Å². The first-order chi connectivity index (χ1) is 7.13. The molecule has 0 bridgehead atoms. The predicted octanol–water partition coefficient (Wildman–Crippen LogP) is 0.926. The molecule has 1 saturated carbocycles. The summed E-state index contributed by atoms with van der Waals surface area (Å²) in [4.78, 5) is 24.5. The van der Waals surface area contributed by atoms with Crippen LogP contribution in [0.2, 0.25) is 0 Å². The van der Waals surface area contributed by atoms with Gasteiger partial charge in [-0.2, -0.15) is 0 Å². The van der Waals surface area contributed by atoms with Crippen molar-refractivity contribution in [3.63, 3.8) is 0 Å². The van der Waals surface area contributed by atoms with E-state index in [4.69, 9.17) is 0 Å². The van der Waals surface area contributed by atoms with Gasteiger partial charge in [-0.15, -0.1) is 0 Å². The van der Waals surface area contributed by atoms with Crippen LogP contribution in [-0.2, 0) is 9.59 Å². The topological polar surface area (TPSA) is 57.6 Å². The van der Waals surface area contributed by atoms with Crippen LogP contribution in [0.3, 0.4) is 0 Å². The molecule has 0 radical (unpaired) electrons. The molecule has 0 unspecified atom stereocenters. The highest BCUT2D eigenvalue weighted by Gasteiger charge is 2.56. The molecular weight excluding hydrogens is 194 g/mol. The Kier molecular flexibility index (Phi) is 1.56. The van der Waals surface area contributed by atoms with Crippen molar-refractivity contribution in [2.24, 2.45) is 0 Å². The van der Waals surface area contributed by atoms with Gasteiger partial charge in [-0.05, 0) is 24.8 Å². The van der Waals surface area contributed by atoms with Crippen LogP contribution in [0.1, 0.15) is 32.1 Å². The maximum atomic E-state index is 11.6. The minimum absolute atomic E-state index is 0.00801. The number of hydrogen-bond donors (Lipinski definition) is 1. The minimum Gasteiger partial charge on any atom is -0.479 e. The lowest BCUT2D eigenvalue weighted by Crippen LogP contribution is -2.47. The summed E-state index contributed by atoms with van der Waals surface area (Å²) in [5.74, 6) is -0.821. The number of carbonyl (C=O) groups excluding carboxylic acids is 1. The van der Waals surface area contributed by atoms with Gasteiger partial charge in [-0.1, -0.05) is 5.57 Å². The van der Waals surface area contributed by atoms with Crippen LogP contribution >= 0.6 is 0 Å². The van der Waals surface area contributed by atoms with Gasteiger partial charge in [0.05, 0.1) is 0 Å². The van der Waals surface area contributed by atoms with E-state index < -0.39 is 11.5 Å². The van der Waals surface area contributed by atoms with Gasteiger partial charge < -0.3 is 10.0 Å². The summed E-state index contributed by atoms with van der Waals surface area (Å²) in [5, 5.41) is 9.30. The molecule has 0 aromatic rings. The first-order valence-corrected chi connectivity index (χ1v) is 5.37. The van der Waals surface area contributed by atoms with Gasteiger partial charge in [0.15, 0.2) is 0 Å². The second-order valence-corrected chi connectivity index (χ2v) is 4.70. The zero-order valence-electron chi connectivity index (χ0n) is 8.45. The number of allylic oxidation sites excluding steroid dienone is 1. The van der Waals surface area contributed by atoms with Gasteiger partial charge in [0, 0.05) is 19.4 Å². The summed E-state index contributed by atoms with van der Waals surface area (Å²) in [6, 6.07) is 0. The van der Waals surface area contributed by atoms with E-state index in [2.05, 4.69) is 0 Å². The molecule has 2 aliphatic heterocycles. The second kappa shape index (κ2) is 2.62. The molecule has 3 aliphatic rings. The SMILES string of the molecule is O=C1CC[C@@]2(C(=O)O)CC(=C3CC3)CN12. The fraction of sp³-hybridized carbons (Fsp3) is 0.636. The van der Waals surface area contributed by atoms with Crippen molar-refractivity contribution in [2.75, 3.05) is 6.54 Å². The first kappa shape index (κ1) is 8.95. The molecule has 1 atom stereocenters. The number of amides is 1. The van der Waals surface area contributed by atoms with Gasteiger partial charge >= 0.3 is 5.97 Å². The summed E-state index contributed by atoms with van der Waals surface area (Å²) in [5.41, 5.74) is 1.71. The summed E-state index contributed by atoms with van der Waals surface area (Å²) >= 11 is 0. The molecule has 1 aliphatic carbocycles. The Balaban J connectivity index is 2.01. The van der Waals surface area contributed by atoms with Crippen LogP contribution in [0.5, 0.6) is 0 Å². The lowest BCUT2D eigenvalue weighted by Gasteiger charge is -2.26. The summed E-state index contributed by atoms with van der Waals surface area (Å²) in [7, 11) is 0. The molecule has 0 spiro atoms. The third-order valence-electron chi connectivity index (χ3n) is 3.82. The Labute approximate surface area is 87.6 Å². The highest BCUT2D eigenvalue weighted by Crippen LogP contribution is 2.46. The molecule has 1 N–H and O–H groups in total. The van der Waals surface area contributed by atoms with Crippen LogP contribution in [-0.4, -0.2) is 34.0 Å². The Morgan fingerprint density at radius 1 is 1.27 bits per heavy atom. The number of carboxylic acid groups (broad SMARTS) is 1. The fourth-order valence-corrected chi connectivity index (χ4v) is 2.80. The van der Waals surface area contributed by atoms with Crippen molar-refractivity contribution >= 4 is 11.9 Å². The average molecular weight is 207 g/mol. The lowest BCUT2D eigenvalue weighted by atomic mass is 9.92. The predicted molar refractivity (Wildman–Crippen MR) is 52.2 cm³/mol. The second-order valence-electron chi connectivity index (χ2n) is 4.70. The monoisotopic (exact) mass is 207 g/mol. The first-order valence-electron chi connectivity index (χ1n) is 5.37. The highest BCUT2D eigenvalue weighted by molar-refractivity contribution is 5.92. The number of rotatable bonds is 1. The molecule has 4 nitrogen and oxygen atoms in total. The molecule has 4 heteroatoms. The van der Waals surface area contributed by atoms with E-state index in [1.807, 2.05) is 0 Å². The van der Waals surface area contributed by atoms with Crippen molar-refractivity contribution < 1.29 is 14.7 Å². The van der Waals surface area contributed by atoms with E-state index in [0.29, 0.717) is 25.8 Å². The molecule has 3 rings (SSSR count). The molecule has 15 heavy (non-hydrogen) atoms. The molecule has 0 aromatic heterocycles. The lowest BCUT2D eigenvalue weighted by molar-refractivity contribution is -0.151. The number of carbonyl (C=O) groups is 2. The van der Waals surface area contributed by atoms with E-state index in [-0.39, 0.29) is 5.91 Å². The maximum absolute atomic E-state index is 11.6. The minimum atomic E-state index is -0.887. The Morgan fingerprint density at radius 3 is 2.53 bits per heavy atom. The zero-order chi connectivity index (χ0) is 10.6. The Morgan fingerprint density at radius 2 is 2.00 bits per heavy atom. The Bertz CT molecular complexity index is 393. The van der Waals surface area contributed by atoms with Crippen LogP contribution in [0.4, 0.5) is 0 Å². The number of fused-ring (bicyclic) bond motifs is 1. The summed E-state index contributed by atoms with van der Waals surface area (Å²) < 4.78 is 0. The van der Waals surface area contributed by atoms with Gasteiger partial charge in [0.2, 0.25) is 5.91 Å². The maximum Gasteiger partial charge on any atom is 0.329 e. The third-order valence-corrected chi connectivity index (χ3v) is 3.82. The van der Waals surface area contributed by atoms with Gasteiger partial charge in [0.25, 0.3) is 0 Å². The van der Waals surface area contributed by atoms with E-state index in [0.717, 1.165) is 12.8 Å². The zero-order valence-corrected chi connectivity index (χ0v) is 8.45. The van der Waals surface area contributed by atoms with Gasteiger partial charge in [0.1, 0.15) is 5.54 Å².